The Morgan fingerprint density at radius 2 is 0.943 bits per heavy atom. The Bertz CT molecular complexity index is 614. The summed E-state index contributed by atoms with van der Waals surface area (Å²) in [5.41, 5.74) is 5.22. The summed E-state index contributed by atoms with van der Waals surface area (Å²) in [7, 11) is 0. The van der Waals surface area contributed by atoms with E-state index in [1.165, 1.54) is 154 Å². The maximum atomic E-state index is 2.50. The molecule has 0 aliphatic heterocycles. The Labute approximate surface area is 221 Å². The van der Waals surface area contributed by atoms with E-state index in [1.807, 2.05) is 0 Å². The first kappa shape index (κ1) is 30.4. The fourth-order valence-electron chi connectivity index (χ4n) is 6.36. The molecule has 0 heteroatoms. The van der Waals surface area contributed by atoms with Gasteiger partial charge in [0.25, 0.3) is 0 Å². The molecule has 2 rings (SSSR count). The molecule has 1 aromatic carbocycles. The minimum Gasteiger partial charge on any atom is -0.0654 e. The first-order valence-corrected chi connectivity index (χ1v) is 16.5. The molecular weight excluding hydrogens is 420 g/mol. The van der Waals surface area contributed by atoms with Crippen molar-refractivity contribution in [2.24, 2.45) is 0 Å². The number of unbranched alkanes of at least 4 members (excludes halogenated alkanes) is 18. The van der Waals surface area contributed by atoms with E-state index in [1.54, 1.807) is 16.7 Å². The van der Waals surface area contributed by atoms with Crippen LogP contribution in [0.25, 0.3) is 0 Å². The van der Waals surface area contributed by atoms with Crippen LogP contribution in [0, 0.1) is 0 Å². The van der Waals surface area contributed by atoms with Gasteiger partial charge in [-0.2, -0.15) is 0 Å². The zero-order valence-corrected chi connectivity index (χ0v) is 24.4. The molecular formula is C35H62. The van der Waals surface area contributed by atoms with Crippen molar-refractivity contribution in [2.45, 2.75) is 187 Å². The molecule has 0 nitrogen and oxygen atoms in total. The Kier molecular flexibility index (Phi) is 17.7. The fraction of sp³-hybridized carbons (Fsp3) is 0.829. The van der Waals surface area contributed by atoms with Gasteiger partial charge in [-0.1, -0.05) is 174 Å². The fourth-order valence-corrected chi connectivity index (χ4v) is 6.36. The lowest BCUT2D eigenvalue weighted by Gasteiger charge is -2.18. The van der Waals surface area contributed by atoms with Crippen molar-refractivity contribution in [3.8, 4) is 0 Å². The van der Waals surface area contributed by atoms with Crippen molar-refractivity contribution < 1.29 is 0 Å². The second-order valence-corrected chi connectivity index (χ2v) is 11.8. The third kappa shape index (κ3) is 12.8. The molecule has 0 heterocycles. The smallest absolute Gasteiger partial charge is 0.00980 e. The largest absolute Gasteiger partial charge is 0.0654 e. The molecule has 202 valence electrons. The molecule has 0 radical (unpaired) electrons. The average molecular weight is 483 g/mol. The molecule has 1 aliphatic carbocycles. The molecule has 0 bridgehead atoms. The van der Waals surface area contributed by atoms with Gasteiger partial charge >= 0.3 is 0 Å². The van der Waals surface area contributed by atoms with E-state index in [2.05, 4.69) is 39.0 Å². The number of hydrogen-bond acceptors (Lipinski definition) is 0. The van der Waals surface area contributed by atoms with Crippen LogP contribution in [0.1, 0.15) is 203 Å². The zero-order valence-electron chi connectivity index (χ0n) is 24.4. The van der Waals surface area contributed by atoms with Crippen molar-refractivity contribution in [1.82, 2.24) is 0 Å². The Balaban J connectivity index is 1.63. The second kappa shape index (κ2) is 20.3. The van der Waals surface area contributed by atoms with Crippen LogP contribution in [0.5, 0.6) is 0 Å². The maximum absolute atomic E-state index is 2.50. The van der Waals surface area contributed by atoms with Gasteiger partial charge in [0.2, 0.25) is 0 Å². The van der Waals surface area contributed by atoms with Gasteiger partial charge in [0.05, 0.1) is 0 Å². The van der Waals surface area contributed by atoms with Gasteiger partial charge in [-0.15, -0.1) is 0 Å². The standard InChI is InChI=1S/C35H62/c1-4-7-9-11-13-14-15-16-17-18-20-22-24-28-31(27-23-21-19-12-10-8-5-2)32-29-25-30-34-33(26-6-3)35(32)34/h25,29-31,33H,4-24,26-28H2,1-3H3. The van der Waals surface area contributed by atoms with Crippen molar-refractivity contribution in [1.29, 1.82) is 0 Å². The van der Waals surface area contributed by atoms with Crippen molar-refractivity contribution >= 4 is 0 Å². The predicted octanol–water partition coefficient (Wildman–Crippen LogP) is 12.6. The summed E-state index contributed by atoms with van der Waals surface area (Å²) in [5, 5.41) is 0. The predicted molar refractivity (Wildman–Crippen MR) is 159 cm³/mol. The van der Waals surface area contributed by atoms with Crippen LogP contribution in [-0.2, 0) is 0 Å². The van der Waals surface area contributed by atoms with E-state index < -0.39 is 0 Å². The van der Waals surface area contributed by atoms with E-state index in [-0.39, 0.29) is 0 Å². The van der Waals surface area contributed by atoms with Gasteiger partial charge in [-0.25, -0.2) is 0 Å². The van der Waals surface area contributed by atoms with Gasteiger partial charge < -0.3 is 0 Å². The molecule has 0 saturated carbocycles. The summed E-state index contributed by atoms with van der Waals surface area (Å²) in [6.07, 6.45) is 34.5. The van der Waals surface area contributed by atoms with Crippen LogP contribution in [0.4, 0.5) is 0 Å². The lowest BCUT2D eigenvalue weighted by Crippen LogP contribution is -2.01. The molecule has 1 aliphatic rings. The summed E-state index contributed by atoms with van der Waals surface area (Å²) in [4.78, 5) is 0. The minimum absolute atomic E-state index is 0.813. The number of benzene rings is 1. The van der Waals surface area contributed by atoms with Gasteiger partial charge in [-0.3, -0.25) is 0 Å². The molecule has 2 atom stereocenters. The number of fused-ring (bicyclic) bond motifs is 1. The first-order chi connectivity index (χ1) is 17.3. The van der Waals surface area contributed by atoms with E-state index in [4.69, 9.17) is 0 Å². The lowest BCUT2D eigenvalue weighted by atomic mass is 9.87. The van der Waals surface area contributed by atoms with Gasteiger partial charge in [0.1, 0.15) is 0 Å². The third-order valence-corrected chi connectivity index (χ3v) is 8.64. The van der Waals surface area contributed by atoms with Crippen LogP contribution in [0.2, 0.25) is 0 Å². The van der Waals surface area contributed by atoms with Gasteiger partial charge in [0, 0.05) is 5.92 Å². The molecule has 0 spiro atoms. The molecule has 2 unspecified atom stereocenters. The minimum atomic E-state index is 0.813. The molecule has 0 saturated heterocycles. The Hall–Kier alpha value is -0.780. The highest BCUT2D eigenvalue weighted by Crippen LogP contribution is 2.51. The van der Waals surface area contributed by atoms with Crippen LogP contribution in [0.3, 0.4) is 0 Å². The van der Waals surface area contributed by atoms with E-state index in [0.29, 0.717) is 0 Å². The highest BCUT2D eigenvalue weighted by Gasteiger charge is 2.35. The molecule has 0 N–H and O–H groups in total. The molecule has 0 aromatic heterocycles. The highest BCUT2D eigenvalue weighted by molar-refractivity contribution is 5.58. The van der Waals surface area contributed by atoms with Gasteiger partial charge in [0.15, 0.2) is 0 Å². The van der Waals surface area contributed by atoms with Crippen LogP contribution < -0.4 is 0 Å². The summed E-state index contributed by atoms with van der Waals surface area (Å²) in [6, 6.07) is 7.28. The zero-order chi connectivity index (χ0) is 25.0. The highest BCUT2D eigenvalue weighted by atomic mass is 14.4. The van der Waals surface area contributed by atoms with Crippen LogP contribution in [-0.4, -0.2) is 0 Å². The Morgan fingerprint density at radius 3 is 1.37 bits per heavy atom. The summed E-state index contributed by atoms with van der Waals surface area (Å²) in [5.74, 6) is 1.64. The van der Waals surface area contributed by atoms with E-state index in [9.17, 15) is 0 Å². The Morgan fingerprint density at radius 1 is 0.514 bits per heavy atom. The van der Waals surface area contributed by atoms with Crippen LogP contribution in [0.15, 0.2) is 18.2 Å². The maximum Gasteiger partial charge on any atom is 0.00980 e. The van der Waals surface area contributed by atoms with Crippen molar-refractivity contribution in [2.75, 3.05) is 0 Å². The molecule has 0 fully saturated rings. The molecule has 1 aromatic rings. The van der Waals surface area contributed by atoms with Gasteiger partial charge in [-0.05, 0) is 41.9 Å². The molecule has 0 amide bonds. The van der Waals surface area contributed by atoms with Crippen LogP contribution >= 0.6 is 0 Å². The quantitative estimate of drug-likeness (QED) is 0.121. The summed E-state index contributed by atoms with van der Waals surface area (Å²) < 4.78 is 0. The third-order valence-electron chi connectivity index (χ3n) is 8.64. The molecule has 35 heavy (non-hydrogen) atoms. The monoisotopic (exact) mass is 482 g/mol. The van der Waals surface area contributed by atoms with Crippen molar-refractivity contribution in [3.63, 3.8) is 0 Å². The SMILES string of the molecule is CCCCCCCCCCCCCCCC(CCCCCCCCC)c1cccc2c1C2CCC. The second-order valence-electron chi connectivity index (χ2n) is 11.8. The average Bonchev–Trinajstić information content (AvgIpc) is 3.58. The topological polar surface area (TPSA) is 0 Å². The van der Waals surface area contributed by atoms with E-state index >= 15 is 0 Å². The van der Waals surface area contributed by atoms with E-state index in [0.717, 1.165) is 11.8 Å². The number of rotatable bonds is 25. The van der Waals surface area contributed by atoms with Crippen molar-refractivity contribution in [3.05, 3.63) is 34.9 Å². The normalized spacial score (nSPS) is 15.3. The first-order valence-electron chi connectivity index (χ1n) is 16.5. The lowest BCUT2D eigenvalue weighted by molar-refractivity contribution is 0.481. The number of hydrogen-bond donors (Lipinski definition) is 0. The summed E-state index contributed by atoms with van der Waals surface area (Å²) >= 11 is 0. The summed E-state index contributed by atoms with van der Waals surface area (Å²) in [6.45, 7) is 6.98.